The number of benzene rings is 2. The van der Waals surface area contributed by atoms with Gasteiger partial charge in [-0.2, -0.15) is 0 Å². The van der Waals surface area contributed by atoms with Crippen molar-refractivity contribution in [1.82, 2.24) is 10.3 Å². The Morgan fingerprint density at radius 1 is 0.963 bits per heavy atom. The Balaban J connectivity index is 2.11. The lowest BCUT2D eigenvalue weighted by Crippen LogP contribution is -2.44. The van der Waals surface area contributed by atoms with E-state index in [-0.39, 0.29) is 11.5 Å². The van der Waals surface area contributed by atoms with E-state index in [0.717, 1.165) is 16.7 Å². The first-order valence-electron chi connectivity index (χ1n) is 8.31. The van der Waals surface area contributed by atoms with Crippen molar-refractivity contribution in [2.45, 2.75) is 39.5 Å². The van der Waals surface area contributed by atoms with Crippen LogP contribution in [0.2, 0.25) is 5.02 Å². The predicted octanol–water partition coefficient (Wildman–Crippen LogP) is 3.27. The van der Waals surface area contributed by atoms with Gasteiger partial charge in [0.15, 0.2) is 6.61 Å². The van der Waals surface area contributed by atoms with Crippen LogP contribution >= 0.6 is 11.6 Å². The number of hydrazine groups is 1. The molecule has 0 fully saturated rings. The van der Waals surface area contributed by atoms with E-state index in [2.05, 4.69) is 10.3 Å². The van der Waals surface area contributed by atoms with Crippen LogP contribution in [0.4, 0.5) is 0 Å². The number of carbonyl (C=O) groups excluding carboxylic acids is 1. The lowest BCUT2D eigenvalue weighted by atomic mass is 9.95. The van der Waals surface area contributed by atoms with Crippen molar-refractivity contribution in [3.8, 4) is 5.75 Å². The van der Waals surface area contributed by atoms with Crippen molar-refractivity contribution < 1.29 is 17.9 Å². The number of carbonyl (C=O) groups is 1. The third-order valence-corrected chi connectivity index (χ3v) is 6.55. The lowest BCUT2D eigenvalue weighted by molar-refractivity contribution is -0.123. The van der Waals surface area contributed by atoms with Crippen LogP contribution in [0.5, 0.6) is 5.75 Å². The summed E-state index contributed by atoms with van der Waals surface area (Å²) >= 11 is 5.95. The molecule has 2 aromatic rings. The molecular formula is C19H23ClN2O4S. The van der Waals surface area contributed by atoms with Crippen molar-refractivity contribution in [3.05, 3.63) is 57.1 Å². The molecule has 2 aromatic carbocycles. The summed E-state index contributed by atoms with van der Waals surface area (Å²) in [5.74, 6) is -0.303. The van der Waals surface area contributed by atoms with Crippen molar-refractivity contribution in [2.24, 2.45) is 0 Å². The van der Waals surface area contributed by atoms with Crippen molar-refractivity contribution in [1.29, 1.82) is 0 Å². The van der Waals surface area contributed by atoms with Crippen LogP contribution in [0.1, 0.15) is 27.8 Å². The molecule has 0 saturated carbocycles. The number of hydrogen-bond donors (Lipinski definition) is 2. The van der Waals surface area contributed by atoms with Gasteiger partial charge in [0.2, 0.25) is 0 Å². The highest BCUT2D eigenvalue weighted by Crippen LogP contribution is 2.29. The topological polar surface area (TPSA) is 84.5 Å². The van der Waals surface area contributed by atoms with Gasteiger partial charge >= 0.3 is 0 Å². The van der Waals surface area contributed by atoms with Gasteiger partial charge in [-0.3, -0.25) is 10.2 Å². The van der Waals surface area contributed by atoms with Gasteiger partial charge in [-0.1, -0.05) is 23.7 Å². The number of nitrogens with one attached hydrogen (secondary N) is 2. The van der Waals surface area contributed by atoms with E-state index in [0.29, 0.717) is 21.9 Å². The molecule has 146 valence electrons. The van der Waals surface area contributed by atoms with Crippen LogP contribution in [0.15, 0.2) is 29.2 Å². The number of para-hydroxylation sites is 1. The monoisotopic (exact) mass is 410 g/mol. The zero-order valence-electron chi connectivity index (χ0n) is 15.9. The molecule has 0 bridgehead atoms. The summed E-state index contributed by atoms with van der Waals surface area (Å²) in [6.45, 7) is 8.86. The fraction of sp³-hybridized carbons (Fsp3) is 0.316. The highest BCUT2D eigenvalue weighted by atomic mass is 35.5. The average Bonchev–Trinajstić information content (AvgIpc) is 2.62. The summed E-state index contributed by atoms with van der Waals surface area (Å²) in [4.78, 5) is 14.3. The Morgan fingerprint density at radius 2 is 1.48 bits per heavy atom. The lowest BCUT2D eigenvalue weighted by Gasteiger charge is -2.19. The molecule has 0 unspecified atom stereocenters. The SMILES string of the molecule is Cc1c(C)c(C)c(S(=O)(=O)NNC(=O)COc2ccccc2Cl)c(C)c1C. The first kappa shape index (κ1) is 21.2. The second-order valence-corrected chi connectivity index (χ2v) is 8.35. The van der Waals surface area contributed by atoms with Gasteiger partial charge in [-0.05, 0) is 74.6 Å². The van der Waals surface area contributed by atoms with Gasteiger partial charge in [-0.25, -0.2) is 8.42 Å². The molecule has 6 nitrogen and oxygen atoms in total. The van der Waals surface area contributed by atoms with Crippen LogP contribution in [-0.4, -0.2) is 20.9 Å². The predicted molar refractivity (Wildman–Crippen MR) is 106 cm³/mol. The summed E-state index contributed by atoms with van der Waals surface area (Å²) in [5.41, 5.74) is 6.36. The second kappa shape index (κ2) is 8.29. The molecule has 27 heavy (non-hydrogen) atoms. The van der Waals surface area contributed by atoms with Crippen LogP contribution < -0.4 is 15.0 Å². The number of rotatable bonds is 6. The van der Waals surface area contributed by atoms with E-state index in [1.54, 1.807) is 38.1 Å². The normalized spacial score (nSPS) is 11.3. The smallest absolute Gasteiger partial charge is 0.272 e. The fourth-order valence-corrected chi connectivity index (χ4v) is 4.44. The molecule has 0 aliphatic rings. The first-order chi connectivity index (χ1) is 12.6. The minimum absolute atomic E-state index is 0.176. The molecule has 0 atom stereocenters. The zero-order valence-corrected chi connectivity index (χ0v) is 17.5. The summed E-state index contributed by atoms with van der Waals surface area (Å²) in [6, 6.07) is 6.70. The summed E-state index contributed by atoms with van der Waals surface area (Å²) in [6.07, 6.45) is 0. The van der Waals surface area contributed by atoms with Crippen molar-refractivity contribution >= 4 is 27.5 Å². The van der Waals surface area contributed by atoms with E-state index < -0.39 is 15.9 Å². The molecule has 1 amide bonds. The van der Waals surface area contributed by atoms with Gasteiger partial charge in [0.25, 0.3) is 15.9 Å². The maximum Gasteiger partial charge on any atom is 0.272 e. The quantitative estimate of drug-likeness (QED) is 0.716. The van der Waals surface area contributed by atoms with E-state index in [1.807, 2.05) is 20.8 Å². The van der Waals surface area contributed by atoms with E-state index >= 15 is 0 Å². The Bertz CT molecular complexity index is 958. The maximum atomic E-state index is 12.7. The van der Waals surface area contributed by atoms with Gasteiger partial charge in [0.05, 0.1) is 9.92 Å². The van der Waals surface area contributed by atoms with Crippen LogP contribution in [0, 0.1) is 34.6 Å². The highest BCUT2D eigenvalue weighted by molar-refractivity contribution is 7.89. The molecule has 2 N–H and O–H groups in total. The minimum atomic E-state index is -3.93. The summed E-state index contributed by atoms with van der Waals surface area (Å²) in [5, 5.41) is 0.364. The van der Waals surface area contributed by atoms with Crippen LogP contribution in [0.25, 0.3) is 0 Å². The Morgan fingerprint density at radius 3 is 2.04 bits per heavy atom. The fourth-order valence-electron chi connectivity index (χ4n) is 2.78. The molecule has 0 radical (unpaired) electrons. The van der Waals surface area contributed by atoms with Gasteiger partial charge in [-0.15, -0.1) is 4.83 Å². The minimum Gasteiger partial charge on any atom is -0.482 e. The van der Waals surface area contributed by atoms with E-state index in [4.69, 9.17) is 16.3 Å². The van der Waals surface area contributed by atoms with Gasteiger partial charge in [0, 0.05) is 0 Å². The number of hydrogen-bond acceptors (Lipinski definition) is 4. The number of ether oxygens (including phenoxy) is 1. The standard InChI is InChI=1S/C19H23ClN2O4S/c1-11-12(2)14(4)19(15(5)13(11)3)27(24,25)22-21-18(23)10-26-17-9-7-6-8-16(17)20/h6-9,22H,10H2,1-5H3,(H,21,23). The van der Waals surface area contributed by atoms with Gasteiger partial charge < -0.3 is 4.74 Å². The third-order valence-electron chi connectivity index (χ3n) is 4.72. The first-order valence-corrected chi connectivity index (χ1v) is 10.2. The summed E-state index contributed by atoms with van der Waals surface area (Å²) < 4.78 is 30.8. The van der Waals surface area contributed by atoms with Crippen LogP contribution in [-0.2, 0) is 14.8 Å². The molecule has 0 aliphatic heterocycles. The highest BCUT2D eigenvalue weighted by Gasteiger charge is 2.24. The Labute approximate surface area is 164 Å². The van der Waals surface area contributed by atoms with E-state index in [9.17, 15) is 13.2 Å². The van der Waals surface area contributed by atoms with Crippen molar-refractivity contribution in [2.75, 3.05) is 6.61 Å². The zero-order chi connectivity index (χ0) is 20.4. The molecule has 0 heterocycles. The molecular weight excluding hydrogens is 388 g/mol. The largest absolute Gasteiger partial charge is 0.482 e. The molecule has 0 aliphatic carbocycles. The second-order valence-electron chi connectivity index (χ2n) is 6.33. The van der Waals surface area contributed by atoms with Crippen LogP contribution in [0.3, 0.4) is 0 Å². The van der Waals surface area contributed by atoms with E-state index in [1.165, 1.54) is 0 Å². The molecule has 2 rings (SSSR count). The molecule has 0 saturated heterocycles. The number of amides is 1. The van der Waals surface area contributed by atoms with Gasteiger partial charge in [0.1, 0.15) is 5.75 Å². The maximum absolute atomic E-state index is 12.7. The molecule has 0 spiro atoms. The number of halogens is 1. The Kier molecular flexibility index (Phi) is 6.51. The average molecular weight is 411 g/mol. The summed E-state index contributed by atoms with van der Waals surface area (Å²) in [7, 11) is -3.93. The van der Waals surface area contributed by atoms with Crippen molar-refractivity contribution in [3.63, 3.8) is 0 Å². The Hall–Kier alpha value is -2.09. The third kappa shape index (κ3) is 4.61. The number of sulfonamides is 1. The molecule has 8 heteroatoms. The molecule has 0 aromatic heterocycles.